The number of nitrogens with one attached hydrogen (secondary N) is 1. The fourth-order valence-electron chi connectivity index (χ4n) is 4.35. The predicted molar refractivity (Wildman–Crippen MR) is 151 cm³/mol. The number of esters is 1. The van der Waals surface area contributed by atoms with E-state index >= 15 is 0 Å². The number of hydrogen-bond donors (Lipinski definition) is 1. The van der Waals surface area contributed by atoms with Crippen molar-refractivity contribution < 1.29 is 23.9 Å². The van der Waals surface area contributed by atoms with Crippen molar-refractivity contribution in [1.29, 1.82) is 0 Å². The van der Waals surface area contributed by atoms with E-state index in [2.05, 4.69) is 10.3 Å². The van der Waals surface area contributed by atoms with Crippen LogP contribution in [0.25, 0.3) is 6.08 Å². The molecule has 2 atom stereocenters. The predicted octanol–water partition coefficient (Wildman–Crippen LogP) is 4.11. The summed E-state index contributed by atoms with van der Waals surface area (Å²) < 4.78 is 10.8. The van der Waals surface area contributed by atoms with Crippen LogP contribution >= 0.6 is 23.1 Å². The second-order valence-corrected chi connectivity index (χ2v) is 11.0. The Morgan fingerprint density at radius 3 is 2.56 bits per heavy atom. The van der Waals surface area contributed by atoms with Gasteiger partial charge >= 0.3 is 5.97 Å². The molecule has 0 aliphatic carbocycles. The van der Waals surface area contributed by atoms with Crippen LogP contribution in [0.1, 0.15) is 21.7 Å². The van der Waals surface area contributed by atoms with Crippen molar-refractivity contribution in [2.45, 2.75) is 31.4 Å². The van der Waals surface area contributed by atoms with Gasteiger partial charge in [-0.3, -0.25) is 14.5 Å². The summed E-state index contributed by atoms with van der Waals surface area (Å²) in [5.74, 6) is 0.0426. The summed E-state index contributed by atoms with van der Waals surface area (Å²) in [5.41, 5.74) is 5.22. The van der Waals surface area contributed by atoms with Gasteiger partial charge in [0.05, 0.1) is 24.7 Å². The second-order valence-electron chi connectivity index (χ2n) is 9.05. The molecule has 2 aliphatic rings. The SMILES string of the molecule is COc1ccc(COC(=O)C2=C(C=Cc3scnc3C)CS[C@H]3[C@H](NC(=O)Cc4ccccc4)C(=O)N23)cc1. The molecule has 0 bridgehead atoms. The highest BCUT2D eigenvalue weighted by atomic mass is 32.2. The number of nitrogens with zero attached hydrogens (tertiary/aromatic N) is 2. The maximum Gasteiger partial charge on any atom is 0.355 e. The van der Waals surface area contributed by atoms with Crippen molar-refractivity contribution in [3.05, 3.63) is 99.2 Å². The van der Waals surface area contributed by atoms with Crippen molar-refractivity contribution in [2.75, 3.05) is 12.9 Å². The van der Waals surface area contributed by atoms with E-state index < -0.39 is 12.0 Å². The monoisotopic (exact) mass is 561 g/mol. The molecule has 10 heteroatoms. The van der Waals surface area contributed by atoms with Crippen LogP contribution in [-0.2, 0) is 32.1 Å². The lowest BCUT2D eigenvalue weighted by Crippen LogP contribution is -2.70. The number of thioether (sulfide) groups is 1. The molecule has 0 unspecified atom stereocenters. The van der Waals surface area contributed by atoms with Crippen molar-refractivity contribution in [2.24, 2.45) is 0 Å². The smallest absolute Gasteiger partial charge is 0.355 e. The van der Waals surface area contributed by atoms with Gasteiger partial charge < -0.3 is 14.8 Å². The number of rotatable bonds is 9. The third-order valence-corrected chi connectivity index (χ3v) is 8.66. The lowest BCUT2D eigenvalue weighted by molar-refractivity contribution is -0.153. The number of hydrogen-bond acceptors (Lipinski definition) is 8. The Bertz CT molecular complexity index is 1430. The molecule has 3 heterocycles. The number of benzene rings is 2. The number of ether oxygens (including phenoxy) is 2. The average Bonchev–Trinajstić information content (AvgIpc) is 3.38. The number of allylic oxidation sites excluding steroid dienone is 1. The number of amides is 2. The van der Waals surface area contributed by atoms with Gasteiger partial charge in [0, 0.05) is 10.6 Å². The van der Waals surface area contributed by atoms with Crippen molar-refractivity contribution in [1.82, 2.24) is 15.2 Å². The first kappa shape index (κ1) is 26.7. The zero-order valence-electron chi connectivity index (χ0n) is 21.5. The number of carbonyl (C=O) groups excluding carboxylic acids is 3. The molecule has 1 saturated heterocycles. The Labute approximate surface area is 234 Å². The molecule has 2 aromatic carbocycles. The first-order valence-electron chi connectivity index (χ1n) is 12.3. The molecular formula is C29H27N3O5S2. The first-order chi connectivity index (χ1) is 18.9. The van der Waals surface area contributed by atoms with Crippen LogP contribution in [0.4, 0.5) is 0 Å². The molecule has 2 amide bonds. The minimum absolute atomic E-state index is 0.0500. The van der Waals surface area contributed by atoms with Crippen LogP contribution in [-0.4, -0.2) is 51.9 Å². The first-order valence-corrected chi connectivity index (χ1v) is 14.3. The van der Waals surface area contributed by atoms with Crippen LogP contribution in [0.5, 0.6) is 5.75 Å². The third-order valence-electron chi connectivity index (χ3n) is 6.46. The number of aryl methyl sites for hydroxylation is 1. The van der Waals surface area contributed by atoms with E-state index in [4.69, 9.17) is 9.47 Å². The third kappa shape index (κ3) is 5.91. The summed E-state index contributed by atoms with van der Waals surface area (Å²) in [7, 11) is 1.59. The Kier molecular flexibility index (Phi) is 8.13. The molecule has 200 valence electrons. The topological polar surface area (TPSA) is 97.8 Å². The maximum absolute atomic E-state index is 13.4. The number of thiazole rings is 1. The zero-order valence-corrected chi connectivity index (χ0v) is 23.1. The molecule has 2 aliphatic heterocycles. The highest BCUT2D eigenvalue weighted by Crippen LogP contribution is 2.41. The van der Waals surface area contributed by atoms with Gasteiger partial charge in [-0.1, -0.05) is 48.5 Å². The van der Waals surface area contributed by atoms with Crippen molar-refractivity contribution >= 4 is 47.0 Å². The highest BCUT2D eigenvalue weighted by Gasteiger charge is 2.54. The minimum atomic E-state index is -0.704. The largest absolute Gasteiger partial charge is 0.497 e. The van der Waals surface area contributed by atoms with Gasteiger partial charge in [0.15, 0.2) is 0 Å². The molecule has 5 rings (SSSR count). The van der Waals surface area contributed by atoms with Gasteiger partial charge in [-0.15, -0.1) is 23.1 Å². The fraction of sp³-hybridized carbons (Fsp3) is 0.241. The molecule has 39 heavy (non-hydrogen) atoms. The van der Waals surface area contributed by atoms with Gasteiger partial charge in [-0.05, 0) is 41.8 Å². The summed E-state index contributed by atoms with van der Waals surface area (Å²) in [6.45, 7) is 1.97. The average molecular weight is 562 g/mol. The lowest BCUT2D eigenvalue weighted by atomic mass is 10.0. The lowest BCUT2D eigenvalue weighted by Gasteiger charge is -2.49. The number of fused-ring (bicyclic) bond motifs is 1. The van der Waals surface area contributed by atoms with E-state index in [0.717, 1.165) is 21.7 Å². The molecule has 1 fully saturated rings. The molecule has 8 nitrogen and oxygen atoms in total. The summed E-state index contributed by atoms with van der Waals surface area (Å²) in [5, 5.41) is 2.47. The normalized spacial score (nSPS) is 18.5. The maximum atomic E-state index is 13.4. The van der Waals surface area contributed by atoms with E-state index in [1.807, 2.05) is 61.5 Å². The van der Waals surface area contributed by atoms with Gasteiger partial charge in [0.1, 0.15) is 29.5 Å². The number of β-lactam (4-membered cyclic amide) rings is 1. The second kappa shape index (κ2) is 11.9. The number of carbonyl (C=O) groups is 3. The van der Waals surface area contributed by atoms with Gasteiger partial charge in [0.25, 0.3) is 5.91 Å². The number of aromatic nitrogens is 1. The Morgan fingerprint density at radius 1 is 1.10 bits per heavy atom. The van der Waals surface area contributed by atoms with Crippen molar-refractivity contribution in [3.63, 3.8) is 0 Å². The van der Waals surface area contributed by atoms with E-state index in [9.17, 15) is 14.4 Å². The Morgan fingerprint density at radius 2 is 1.87 bits per heavy atom. The van der Waals surface area contributed by atoms with Crippen LogP contribution in [0.3, 0.4) is 0 Å². The summed E-state index contributed by atoms with van der Waals surface area (Å²) in [6, 6.07) is 15.9. The van der Waals surface area contributed by atoms with Gasteiger partial charge in [0.2, 0.25) is 5.91 Å². The molecule has 1 N–H and O–H groups in total. The molecule has 3 aromatic rings. The van der Waals surface area contributed by atoms with E-state index in [1.54, 1.807) is 24.8 Å². The van der Waals surface area contributed by atoms with Crippen LogP contribution < -0.4 is 10.1 Å². The molecule has 0 spiro atoms. The summed E-state index contributed by atoms with van der Waals surface area (Å²) in [4.78, 5) is 46.1. The van der Waals surface area contributed by atoms with Crippen LogP contribution in [0.2, 0.25) is 0 Å². The Balaban J connectivity index is 1.34. The molecular weight excluding hydrogens is 534 g/mol. The van der Waals surface area contributed by atoms with Gasteiger partial charge in [-0.2, -0.15) is 0 Å². The van der Waals surface area contributed by atoms with Crippen LogP contribution in [0, 0.1) is 6.92 Å². The fourth-order valence-corrected chi connectivity index (χ4v) is 6.36. The number of methoxy groups -OCH3 is 1. The molecule has 1 aromatic heterocycles. The highest BCUT2D eigenvalue weighted by molar-refractivity contribution is 8.00. The summed E-state index contributed by atoms with van der Waals surface area (Å²) in [6.07, 6.45) is 3.93. The summed E-state index contributed by atoms with van der Waals surface area (Å²) >= 11 is 3.01. The quantitative estimate of drug-likeness (QED) is 0.310. The van der Waals surface area contributed by atoms with Crippen molar-refractivity contribution in [3.8, 4) is 5.75 Å². The minimum Gasteiger partial charge on any atom is -0.497 e. The standard InChI is InChI=1S/C29H27N3O5S2/c1-18-23(39-17-30-18)13-10-21-16-38-28-25(31-24(33)14-19-6-4-3-5-7-19)27(34)32(28)26(21)29(35)37-15-20-8-11-22(36-2)12-9-20/h3-13,17,25,28H,14-16H2,1-2H3,(H,31,33)/t25-,28+/m1/s1. The molecule has 0 saturated carbocycles. The van der Waals surface area contributed by atoms with Crippen LogP contribution in [0.15, 0.2) is 77.5 Å². The van der Waals surface area contributed by atoms with Gasteiger partial charge in [-0.25, -0.2) is 9.78 Å². The Hall–Kier alpha value is -3.89. The van der Waals surface area contributed by atoms with E-state index in [1.165, 1.54) is 28.0 Å². The molecule has 0 radical (unpaired) electrons. The van der Waals surface area contributed by atoms with E-state index in [0.29, 0.717) is 17.1 Å². The van der Waals surface area contributed by atoms with E-state index in [-0.39, 0.29) is 35.9 Å². The zero-order chi connectivity index (χ0) is 27.4.